The van der Waals surface area contributed by atoms with E-state index in [1.165, 1.54) is 12.8 Å². The number of amides is 1. The number of aryl methyl sites for hydroxylation is 2. The average molecular weight is 311 g/mol. The van der Waals surface area contributed by atoms with E-state index in [1.807, 2.05) is 32.0 Å². The number of anilines is 2. The molecular formula is C19H25N3O. The molecule has 0 saturated carbocycles. The number of nitrogens with one attached hydrogen (secondary N) is 2. The van der Waals surface area contributed by atoms with Crippen molar-refractivity contribution in [2.75, 3.05) is 17.2 Å². The standard InChI is InChI=1S/C19H25N3O/c1-4-5-6-9-20-16-7-8-18(21-13-16)19(23)22-17-11-14(2)10-15(3)12-17/h7-8,10-13,20H,4-6,9H2,1-3H3,(H,22,23). The number of carbonyl (C=O) groups excluding carboxylic acids is 1. The predicted molar refractivity (Wildman–Crippen MR) is 96.1 cm³/mol. The molecule has 1 aromatic heterocycles. The molecule has 0 bridgehead atoms. The molecule has 0 spiro atoms. The summed E-state index contributed by atoms with van der Waals surface area (Å²) >= 11 is 0. The second kappa shape index (κ2) is 8.32. The second-order valence-electron chi connectivity index (χ2n) is 5.90. The van der Waals surface area contributed by atoms with Gasteiger partial charge in [-0.15, -0.1) is 0 Å². The van der Waals surface area contributed by atoms with Crippen LogP contribution in [0.1, 0.15) is 47.8 Å². The van der Waals surface area contributed by atoms with E-state index in [2.05, 4.69) is 28.6 Å². The molecule has 4 heteroatoms. The molecule has 0 unspecified atom stereocenters. The van der Waals surface area contributed by atoms with E-state index in [0.29, 0.717) is 5.69 Å². The Morgan fingerprint density at radius 3 is 2.39 bits per heavy atom. The van der Waals surface area contributed by atoms with Crippen molar-refractivity contribution in [3.63, 3.8) is 0 Å². The first-order valence-electron chi connectivity index (χ1n) is 8.18. The molecule has 122 valence electrons. The molecule has 2 rings (SSSR count). The van der Waals surface area contributed by atoms with E-state index in [1.54, 1.807) is 12.3 Å². The van der Waals surface area contributed by atoms with Crippen LogP contribution in [0.2, 0.25) is 0 Å². The Morgan fingerprint density at radius 2 is 1.78 bits per heavy atom. The molecule has 0 radical (unpaired) electrons. The quantitative estimate of drug-likeness (QED) is 0.737. The van der Waals surface area contributed by atoms with Crippen molar-refractivity contribution in [1.82, 2.24) is 4.98 Å². The summed E-state index contributed by atoms with van der Waals surface area (Å²) in [6.07, 6.45) is 5.28. The molecule has 1 aromatic carbocycles. The Balaban J connectivity index is 1.94. The van der Waals surface area contributed by atoms with Gasteiger partial charge >= 0.3 is 0 Å². The lowest BCUT2D eigenvalue weighted by atomic mass is 10.1. The zero-order valence-corrected chi connectivity index (χ0v) is 14.1. The minimum atomic E-state index is -0.187. The Hall–Kier alpha value is -2.36. The fourth-order valence-electron chi connectivity index (χ4n) is 2.48. The number of aromatic nitrogens is 1. The van der Waals surface area contributed by atoms with E-state index < -0.39 is 0 Å². The lowest BCUT2D eigenvalue weighted by Crippen LogP contribution is -2.14. The molecule has 0 fully saturated rings. The Labute approximate surface area is 138 Å². The van der Waals surface area contributed by atoms with Gasteiger partial charge in [0.05, 0.1) is 11.9 Å². The van der Waals surface area contributed by atoms with Crippen LogP contribution < -0.4 is 10.6 Å². The lowest BCUT2D eigenvalue weighted by molar-refractivity contribution is 0.102. The van der Waals surface area contributed by atoms with Gasteiger partial charge < -0.3 is 10.6 Å². The zero-order chi connectivity index (χ0) is 16.7. The number of hydrogen-bond acceptors (Lipinski definition) is 3. The predicted octanol–water partition coefficient (Wildman–Crippen LogP) is 4.55. The summed E-state index contributed by atoms with van der Waals surface area (Å²) in [6, 6.07) is 9.63. The van der Waals surface area contributed by atoms with E-state index in [0.717, 1.165) is 35.5 Å². The minimum Gasteiger partial charge on any atom is -0.384 e. The average Bonchev–Trinajstić information content (AvgIpc) is 2.51. The number of unbranched alkanes of at least 4 members (excludes halogenated alkanes) is 2. The van der Waals surface area contributed by atoms with Crippen LogP contribution in [0.15, 0.2) is 36.5 Å². The highest BCUT2D eigenvalue weighted by molar-refractivity contribution is 6.03. The van der Waals surface area contributed by atoms with Gasteiger partial charge in [0.2, 0.25) is 0 Å². The Bertz CT molecular complexity index is 630. The van der Waals surface area contributed by atoms with Gasteiger partial charge in [-0.2, -0.15) is 0 Å². The first-order valence-corrected chi connectivity index (χ1v) is 8.18. The molecule has 23 heavy (non-hydrogen) atoms. The molecule has 4 nitrogen and oxygen atoms in total. The zero-order valence-electron chi connectivity index (χ0n) is 14.1. The maximum atomic E-state index is 12.3. The van der Waals surface area contributed by atoms with Crippen molar-refractivity contribution in [2.45, 2.75) is 40.0 Å². The van der Waals surface area contributed by atoms with Crippen LogP contribution >= 0.6 is 0 Å². The van der Waals surface area contributed by atoms with Crippen LogP contribution in [0.5, 0.6) is 0 Å². The minimum absolute atomic E-state index is 0.187. The monoisotopic (exact) mass is 311 g/mol. The molecular weight excluding hydrogens is 286 g/mol. The van der Waals surface area contributed by atoms with Crippen LogP contribution in [-0.2, 0) is 0 Å². The molecule has 2 aromatic rings. The maximum absolute atomic E-state index is 12.3. The third-order valence-corrected chi connectivity index (χ3v) is 3.59. The number of rotatable bonds is 7. The van der Waals surface area contributed by atoms with Crippen molar-refractivity contribution in [3.05, 3.63) is 53.3 Å². The van der Waals surface area contributed by atoms with Gasteiger partial charge in [-0.25, -0.2) is 4.98 Å². The van der Waals surface area contributed by atoms with Crippen LogP contribution in [0.3, 0.4) is 0 Å². The summed E-state index contributed by atoms with van der Waals surface area (Å²) < 4.78 is 0. The highest BCUT2D eigenvalue weighted by Gasteiger charge is 2.08. The largest absolute Gasteiger partial charge is 0.384 e. The molecule has 0 aliphatic rings. The third kappa shape index (κ3) is 5.40. The molecule has 2 N–H and O–H groups in total. The van der Waals surface area contributed by atoms with E-state index in [9.17, 15) is 4.79 Å². The molecule has 1 amide bonds. The van der Waals surface area contributed by atoms with Crippen LogP contribution in [0.25, 0.3) is 0 Å². The summed E-state index contributed by atoms with van der Waals surface area (Å²) in [6.45, 7) is 7.15. The van der Waals surface area contributed by atoms with Gasteiger partial charge in [0.1, 0.15) is 5.69 Å². The molecule has 0 atom stereocenters. The van der Waals surface area contributed by atoms with Crippen molar-refractivity contribution >= 4 is 17.3 Å². The molecule has 1 heterocycles. The van der Waals surface area contributed by atoms with E-state index in [4.69, 9.17) is 0 Å². The first-order chi connectivity index (χ1) is 11.1. The number of pyridine rings is 1. The third-order valence-electron chi connectivity index (χ3n) is 3.59. The number of benzene rings is 1. The van der Waals surface area contributed by atoms with Gasteiger partial charge in [-0.05, 0) is 55.7 Å². The molecule has 0 aliphatic carbocycles. The van der Waals surface area contributed by atoms with Gasteiger partial charge in [-0.1, -0.05) is 25.8 Å². The van der Waals surface area contributed by atoms with Crippen LogP contribution in [-0.4, -0.2) is 17.4 Å². The summed E-state index contributed by atoms with van der Waals surface area (Å²) in [5, 5.41) is 6.21. The number of hydrogen-bond donors (Lipinski definition) is 2. The van der Waals surface area contributed by atoms with Crippen LogP contribution in [0.4, 0.5) is 11.4 Å². The second-order valence-corrected chi connectivity index (χ2v) is 5.90. The Kier molecular flexibility index (Phi) is 6.15. The maximum Gasteiger partial charge on any atom is 0.274 e. The van der Waals surface area contributed by atoms with Crippen molar-refractivity contribution in [2.24, 2.45) is 0 Å². The van der Waals surface area contributed by atoms with Crippen molar-refractivity contribution < 1.29 is 4.79 Å². The highest BCUT2D eigenvalue weighted by Crippen LogP contribution is 2.15. The summed E-state index contributed by atoms with van der Waals surface area (Å²) in [7, 11) is 0. The summed E-state index contributed by atoms with van der Waals surface area (Å²) in [4.78, 5) is 16.5. The summed E-state index contributed by atoms with van der Waals surface area (Å²) in [5.74, 6) is -0.187. The fraction of sp³-hybridized carbons (Fsp3) is 0.368. The summed E-state index contributed by atoms with van der Waals surface area (Å²) in [5.41, 5.74) is 4.42. The Morgan fingerprint density at radius 1 is 1.04 bits per heavy atom. The lowest BCUT2D eigenvalue weighted by Gasteiger charge is -2.08. The highest BCUT2D eigenvalue weighted by atomic mass is 16.1. The van der Waals surface area contributed by atoms with E-state index in [-0.39, 0.29) is 5.91 Å². The number of carbonyl (C=O) groups is 1. The van der Waals surface area contributed by atoms with E-state index >= 15 is 0 Å². The SMILES string of the molecule is CCCCCNc1ccc(C(=O)Nc2cc(C)cc(C)c2)nc1. The van der Waals surface area contributed by atoms with Crippen molar-refractivity contribution in [1.29, 1.82) is 0 Å². The van der Waals surface area contributed by atoms with Crippen molar-refractivity contribution in [3.8, 4) is 0 Å². The van der Waals surface area contributed by atoms with Crippen LogP contribution in [0, 0.1) is 13.8 Å². The fourth-order valence-corrected chi connectivity index (χ4v) is 2.48. The number of nitrogens with zero attached hydrogens (tertiary/aromatic N) is 1. The van der Waals surface area contributed by atoms with Gasteiger partial charge in [-0.3, -0.25) is 4.79 Å². The van der Waals surface area contributed by atoms with Gasteiger partial charge in [0.25, 0.3) is 5.91 Å². The topological polar surface area (TPSA) is 54.0 Å². The normalized spacial score (nSPS) is 10.4. The smallest absolute Gasteiger partial charge is 0.274 e. The molecule has 0 saturated heterocycles. The van der Waals surface area contributed by atoms with Gasteiger partial charge in [0, 0.05) is 12.2 Å². The van der Waals surface area contributed by atoms with Gasteiger partial charge in [0.15, 0.2) is 0 Å². The molecule has 0 aliphatic heterocycles. The first kappa shape index (κ1) is 17.0.